The zero-order chi connectivity index (χ0) is 16.7. The molecule has 0 aliphatic carbocycles. The first-order chi connectivity index (χ1) is 10.3. The number of benzene rings is 1. The monoisotopic (exact) mass is 342 g/mol. The second kappa shape index (κ2) is 10.5. The fraction of sp³-hybridized carbons (Fsp3) is 0.611. The van der Waals surface area contributed by atoms with Crippen LogP contribution in [0.15, 0.2) is 18.2 Å². The first-order valence-electron chi connectivity index (χ1n) is 8.01. The highest BCUT2D eigenvalue weighted by Gasteiger charge is 2.13. The zero-order valence-electron chi connectivity index (χ0n) is 15.0. The summed E-state index contributed by atoms with van der Waals surface area (Å²) in [7, 11) is 1.83. The SMILES string of the molecule is Cc1ccc(C)c(OCCC(=O)N(C)CCC(N)C(C)C)c1.Cl. The fourth-order valence-electron chi connectivity index (χ4n) is 2.10. The molecule has 23 heavy (non-hydrogen) atoms. The summed E-state index contributed by atoms with van der Waals surface area (Å²) >= 11 is 0. The molecule has 132 valence electrons. The second-order valence-electron chi connectivity index (χ2n) is 6.38. The Labute approximate surface area is 146 Å². The molecule has 0 saturated carbocycles. The Morgan fingerprint density at radius 2 is 1.96 bits per heavy atom. The van der Waals surface area contributed by atoms with Gasteiger partial charge >= 0.3 is 0 Å². The predicted octanol–water partition coefficient (Wildman–Crippen LogP) is 3.33. The number of hydrogen-bond acceptors (Lipinski definition) is 3. The Kier molecular flexibility index (Phi) is 9.93. The number of nitrogens with two attached hydrogens (primary N) is 1. The van der Waals surface area contributed by atoms with Crippen LogP contribution in [0.4, 0.5) is 0 Å². The minimum Gasteiger partial charge on any atom is -0.493 e. The van der Waals surface area contributed by atoms with Crippen LogP contribution in [0.1, 0.15) is 37.8 Å². The van der Waals surface area contributed by atoms with Gasteiger partial charge in [0.2, 0.25) is 5.91 Å². The van der Waals surface area contributed by atoms with Crippen LogP contribution in [0.5, 0.6) is 5.75 Å². The van der Waals surface area contributed by atoms with Crippen LogP contribution < -0.4 is 10.5 Å². The van der Waals surface area contributed by atoms with E-state index in [-0.39, 0.29) is 24.4 Å². The molecular formula is C18H31ClN2O2. The van der Waals surface area contributed by atoms with Crippen LogP contribution in [0, 0.1) is 19.8 Å². The van der Waals surface area contributed by atoms with Gasteiger partial charge in [0.1, 0.15) is 5.75 Å². The van der Waals surface area contributed by atoms with Crippen LogP contribution in [-0.4, -0.2) is 37.0 Å². The molecule has 1 aromatic carbocycles. The molecule has 0 spiro atoms. The third kappa shape index (κ3) is 7.71. The smallest absolute Gasteiger partial charge is 0.225 e. The Bertz CT molecular complexity index is 492. The molecule has 1 aromatic rings. The van der Waals surface area contributed by atoms with Crippen molar-refractivity contribution in [3.63, 3.8) is 0 Å². The zero-order valence-corrected chi connectivity index (χ0v) is 15.8. The molecule has 0 aromatic heterocycles. The van der Waals surface area contributed by atoms with Gasteiger partial charge < -0.3 is 15.4 Å². The maximum atomic E-state index is 12.1. The highest BCUT2D eigenvalue weighted by Crippen LogP contribution is 2.19. The lowest BCUT2D eigenvalue weighted by atomic mass is 10.0. The molecule has 0 aliphatic rings. The van der Waals surface area contributed by atoms with Crippen molar-refractivity contribution in [2.75, 3.05) is 20.2 Å². The van der Waals surface area contributed by atoms with Crippen molar-refractivity contribution in [3.8, 4) is 5.75 Å². The van der Waals surface area contributed by atoms with E-state index in [1.165, 1.54) is 0 Å². The molecule has 0 bridgehead atoms. The molecule has 1 unspecified atom stereocenters. The van der Waals surface area contributed by atoms with Gasteiger partial charge in [-0.15, -0.1) is 12.4 Å². The molecule has 0 saturated heterocycles. The van der Waals surface area contributed by atoms with Crippen molar-refractivity contribution in [1.29, 1.82) is 0 Å². The summed E-state index contributed by atoms with van der Waals surface area (Å²) in [6.07, 6.45) is 1.22. The Balaban J connectivity index is 0.00000484. The van der Waals surface area contributed by atoms with E-state index in [1.807, 2.05) is 33.0 Å². The minimum absolute atomic E-state index is 0. The Hall–Kier alpha value is -1.26. The van der Waals surface area contributed by atoms with Crippen LogP contribution in [0.2, 0.25) is 0 Å². The van der Waals surface area contributed by atoms with Gasteiger partial charge in [-0.25, -0.2) is 0 Å². The van der Waals surface area contributed by atoms with E-state index in [1.54, 1.807) is 4.90 Å². The quantitative estimate of drug-likeness (QED) is 0.788. The maximum Gasteiger partial charge on any atom is 0.225 e. The number of amides is 1. The van der Waals surface area contributed by atoms with Gasteiger partial charge in [-0.2, -0.15) is 0 Å². The number of hydrogen-bond donors (Lipinski definition) is 1. The van der Waals surface area contributed by atoms with Gasteiger partial charge in [0.15, 0.2) is 0 Å². The van der Waals surface area contributed by atoms with Crippen molar-refractivity contribution < 1.29 is 9.53 Å². The van der Waals surface area contributed by atoms with Crippen molar-refractivity contribution in [3.05, 3.63) is 29.3 Å². The lowest BCUT2D eigenvalue weighted by molar-refractivity contribution is -0.130. The van der Waals surface area contributed by atoms with E-state index >= 15 is 0 Å². The summed E-state index contributed by atoms with van der Waals surface area (Å²) in [5.74, 6) is 1.40. The molecule has 1 rings (SSSR count). The molecule has 4 nitrogen and oxygen atoms in total. The molecule has 1 atom stereocenters. The molecule has 2 N–H and O–H groups in total. The standard InChI is InChI=1S/C18H30N2O2.ClH/c1-13(2)16(19)8-10-20(5)18(21)9-11-22-17-12-14(3)6-7-15(17)4;/h6-7,12-13,16H,8-11,19H2,1-5H3;1H. The summed E-state index contributed by atoms with van der Waals surface area (Å²) in [5.41, 5.74) is 8.26. The van der Waals surface area contributed by atoms with Gasteiger partial charge in [-0.3, -0.25) is 4.79 Å². The number of carbonyl (C=O) groups excluding carboxylic acids is 1. The van der Waals surface area contributed by atoms with Crippen molar-refractivity contribution in [2.45, 2.75) is 46.6 Å². The van der Waals surface area contributed by atoms with E-state index < -0.39 is 0 Å². The van der Waals surface area contributed by atoms with Gasteiger partial charge in [-0.05, 0) is 43.4 Å². The topological polar surface area (TPSA) is 55.6 Å². The molecule has 0 aliphatic heterocycles. The molecule has 0 fully saturated rings. The average molecular weight is 343 g/mol. The Morgan fingerprint density at radius 1 is 1.30 bits per heavy atom. The lowest BCUT2D eigenvalue weighted by Crippen LogP contribution is -2.35. The van der Waals surface area contributed by atoms with E-state index in [0.29, 0.717) is 25.5 Å². The number of nitrogens with zero attached hydrogens (tertiary/aromatic N) is 1. The van der Waals surface area contributed by atoms with Crippen molar-refractivity contribution >= 4 is 18.3 Å². The maximum absolute atomic E-state index is 12.1. The van der Waals surface area contributed by atoms with Crippen molar-refractivity contribution in [2.24, 2.45) is 11.7 Å². The van der Waals surface area contributed by atoms with Crippen LogP contribution in [0.25, 0.3) is 0 Å². The van der Waals surface area contributed by atoms with Crippen LogP contribution in [-0.2, 0) is 4.79 Å². The highest BCUT2D eigenvalue weighted by molar-refractivity contribution is 5.85. The number of aryl methyl sites for hydroxylation is 2. The summed E-state index contributed by atoms with van der Waals surface area (Å²) in [6.45, 7) is 9.35. The second-order valence-corrected chi connectivity index (χ2v) is 6.38. The van der Waals surface area contributed by atoms with E-state index in [4.69, 9.17) is 10.5 Å². The molecule has 1 amide bonds. The summed E-state index contributed by atoms with van der Waals surface area (Å²) < 4.78 is 5.73. The minimum atomic E-state index is 0. The first kappa shape index (κ1) is 21.7. The van der Waals surface area contributed by atoms with Crippen molar-refractivity contribution in [1.82, 2.24) is 4.90 Å². The van der Waals surface area contributed by atoms with Gasteiger partial charge in [0, 0.05) is 19.6 Å². The van der Waals surface area contributed by atoms with Crippen LogP contribution >= 0.6 is 12.4 Å². The van der Waals surface area contributed by atoms with Gasteiger partial charge in [0.05, 0.1) is 13.0 Å². The van der Waals surface area contributed by atoms with E-state index in [0.717, 1.165) is 23.3 Å². The predicted molar refractivity (Wildman–Crippen MR) is 98.3 cm³/mol. The molecule has 0 radical (unpaired) electrons. The average Bonchev–Trinajstić information content (AvgIpc) is 2.47. The number of ether oxygens (including phenoxy) is 1. The van der Waals surface area contributed by atoms with Crippen LogP contribution in [0.3, 0.4) is 0 Å². The summed E-state index contributed by atoms with van der Waals surface area (Å²) in [5, 5.41) is 0. The third-order valence-corrected chi connectivity index (χ3v) is 4.00. The fourth-order valence-corrected chi connectivity index (χ4v) is 2.10. The Morgan fingerprint density at radius 3 is 2.57 bits per heavy atom. The number of halogens is 1. The number of carbonyl (C=O) groups is 1. The third-order valence-electron chi connectivity index (χ3n) is 4.00. The summed E-state index contributed by atoms with van der Waals surface area (Å²) in [4.78, 5) is 13.8. The van der Waals surface area contributed by atoms with E-state index in [2.05, 4.69) is 19.9 Å². The molecular weight excluding hydrogens is 312 g/mol. The van der Waals surface area contributed by atoms with Gasteiger partial charge in [-0.1, -0.05) is 26.0 Å². The van der Waals surface area contributed by atoms with Gasteiger partial charge in [0.25, 0.3) is 0 Å². The largest absolute Gasteiger partial charge is 0.493 e. The first-order valence-corrected chi connectivity index (χ1v) is 8.01. The highest BCUT2D eigenvalue weighted by atomic mass is 35.5. The lowest BCUT2D eigenvalue weighted by Gasteiger charge is -2.21. The molecule has 5 heteroatoms. The molecule has 0 heterocycles. The number of rotatable bonds is 8. The summed E-state index contributed by atoms with van der Waals surface area (Å²) in [6, 6.07) is 6.23. The normalized spacial score (nSPS) is 11.8. The van der Waals surface area contributed by atoms with E-state index in [9.17, 15) is 4.79 Å².